The minimum Gasteiger partial charge on any atom is -0.490 e. The van der Waals surface area contributed by atoms with Gasteiger partial charge in [0.05, 0.1) is 41.5 Å². The number of hydrogen-bond acceptors (Lipinski definition) is 6. The van der Waals surface area contributed by atoms with Crippen molar-refractivity contribution >= 4 is 35.0 Å². The van der Waals surface area contributed by atoms with Crippen LogP contribution in [0.4, 0.5) is 53.0 Å². The summed E-state index contributed by atoms with van der Waals surface area (Å²) in [5.41, 5.74) is -1.20. The molecule has 1 heterocycles. The molecule has 300 valence electrons. The molecule has 0 aromatic heterocycles. The highest BCUT2D eigenvalue weighted by Crippen LogP contribution is 2.32. The van der Waals surface area contributed by atoms with Crippen LogP contribution in [0.5, 0.6) is 5.75 Å². The molecule has 17 heteroatoms. The zero-order valence-electron chi connectivity index (χ0n) is 30.8. The Labute approximate surface area is 315 Å². The average molecular weight is 782 g/mol. The Hall–Kier alpha value is -5.03. The standard InChI is InChI=1S/C38H45F6N5O6/c1-23-20-49(24(2)22-50)34(51)31-19-30(46-35(52)45-28-12-8-26(9-13-28)37(39,40)41)16-17-32(31)55-25(3)7-5-6-18-54-33(23)21-48(4)36(53)47-29-14-10-27(11-15-29)38(42,43)44/h8-17,19,23-25,33,50H,5-7,18,20-22H2,1-4H3,(H,47,53)(H2,45,46,52)/t23-,24+,25-,33-/m1/s1. The fourth-order valence-electron chi connectivity index (χ4n) is 5.81. The molecule has 55 heavy (non-hydrogen) atoms. The van der Waals surface area contributed by atoms with Crippen molar-refractivity contribution in [3.63, 3.8) is 0 Å². The second-order valence-electron chi connectivity index (χ2n) is 13.6. The molecular formula is C38H45F6N5O6. The predicted octanol–water partition coefficient (Wildman–Crippen LogP) is 8.33. The third-order valence-corrected chi connectivity index (χ3v) is 9.04. The van der Waals surface area contributed by atoms with Gasteiger partial charge in [0.15, 0.2) is 0 Å². The summed E-state index contributed by atoms with van der Waals surface area (Å²) in [6.07, 6.45) is -8.06. The number of carbonyl (C=O) groups excluding carboxylic acids is 3. The van der Waals surface area contributed by atoms with E-state index in [4.69, 9.17) is 9.47 Å². The van der Waals surface area contributed by atoms with E-state index in [9.17, 15) is 45.8 Å². The Morgan fingerprint density at radius 1 is 0.873 bits per heavy atom. The highest BCUT2D eigenvalue weighted by molar-refractivity contribution is 6.02. The SMILES string of the molecule is C[C@@H]1CCCCO[C@H](CN(C)C(=O)Nc2ccc(C(F)(F)F)cc2)[C@H](C)CN([C@@H](C)CO)C(=O)c2cc(NC(=O)Nc3ccc(C(F)(F)F)cc3)ccc2O1. The number of nitrogens with one attached hydrogen (secondary N) is 3. The first-order valence-corrected chi connectivity index (χ1v) is 17.6. The van der Waals surface area contributed by atoms with Crippen LogP contribution in [-0.2, 0) is 17.1 Å². The van der Waals surface area contributed by atoms with Gasteiger partial charge in [-0.05, 0) is 99.8 Å². The van der Waals surface area contributed by atoms with Crippen molar-refractivity contribution in [2.75, 3.05) is 49.3 Å². The molecule has 0 bridgehead atoms. The lowest BCUT2D eigenvalue weighted by Crippen LogP contribution is -2.48. The van der Waals surface area contributed by atoms with Gasteiger partial charge in [0, 0.05) is 49.7 Å². The number of aliphatic hydroxyl groups excluding tert-OH is 1. The maximum Gasteiger partial charge on any atom is 0.416 e. The van der Waals surface area contributed by atoms with Crippen molar-refractivity contribution in [3.05, 3.63) is 83.4 Å². The van der Waals surface area contributed by atoms with Gasteiger partial charge >= 0.3 is 24.4 Å². The van der Waals surface area contributed by atoms with Crippen LogP contribution >= 0.6 is 0 Å². The van der Waals surface area contributed by atoms with E-state index in [1.807, 2.05) is 13.8 Å². The second kappa shape index (κ2) is 18.5. The van der Waals surface area contributed by atoms with Gasteiger partial charge < -0.3 is 40.3 Å². The topological polar surface area (TPSA) is 132 Å². The average Bonchev–Trinajstić information content (AvgIpc) is 3.12. The number of urea groups is 2. The van der Waals surface area contributed by atoms with Crippen LogP contribution < -0.4 is 20.7 Å². The molecule has 0 saturated heterocycles. The lowest BCUT2D eigenvalue weighted by Gasteiger charge is -2.35. The fourth-order valence-corrected chi connectivity index (χ4v) is 5.81. The smallest absolute Gasteiger partial charge is 0.416 e. The molecule has 0 aliphatic carbocycles. The first-order valence-electron chi connectivity index (χ1n) is 17.6. The van der Waals surface area contributed by atoms with Crippen LogP contribution in [0, 0.1) is 5.92 Å². The highest BCUT2D eigenvalue weighted by atomic mass is 19.4. The molecule has 0 saturated carbocycles. The molecule has 11 nitrogen and oxygen atoms in total. The quantitative estimate of drug-likeness (QED) is 0.178. The number of likely N-dealkylation sites (N-methyl/N-ethyl adjacent to an activating group) is 1. The molecule has 1 aliphatic rings. The summed E-state index contributed by atoms with van der Waals surface area (Å²) in [7, 11) is 1.51. The normalized spacial score (nSPS) is 19.3. The van der Waals surface area contributed by atoms with Gasteiger partial charge in [-0.2, -0.15) is 26.3 Å². The van der Waals surface area contributed by atoms with Crippen LogP contribution in [-0.4, -0.2) is 84.5 Å². The molecule has 4 N–H and O–H groups in total. The molecule has 3 aromatic rings. The summed E-state index contributed by atoms with van der Waals surface area (Å²) in [4.78, 5) is 43.1. The number of benzene rings is 3. The number of amides is 5. The number of ether oxygens (including phenoxy) is 2. The number of alkyl halides is 6. The lowest BCUT2D eigenvalue weighted by atomic mass is 10.0. The van der Waals surface area contributed by atoms with Gasteiger partial charge in [-0.25, -0.2) is 9.59 Å². The largest absolute Gasteiger partial charge is 0.490 e. The van der Waals surface area contributed by atoms with E-state index >= 15 is 0 Å². The first-order chi connectivity index (χ1) is 25.8. The number of fused-ring (bicyclic) bond motifs is 1. The van der Waals surface area contributed by atoms with Gasteiger partial charge in [0.2, 0.25) is 0 Å². The Morgan fingerprint density at radius 2 is 1.42 bits per heavy atom. The summed E-state index contributed by atoms with van der Waals surface area (Å²) in [6.45, 7) is 5.36. The number of anilines is 3. The molecule has 5 amide bonds. The number of aliphatic hydroxyl groups is 1. The van der Waals surface area contributed by atoms with Gasteiger partial charge in [-0.3, -0.25) is 4.79 Å². The van der Waals surface area contributed by atoms with Crippen LogP contribution in [0.3, 0.4) is 0 Å². The van der Waals surface area contributed by atoms with Crippen molar-refractivity contribution in [2.45, 2.75) is 70.6 Å². The number of halogens is 6. The Kier molecular flexibility index (Phi) is 14.4. The summed E-state index contributed by atoms with van der Waals surface area (Å²) in [5.74, 6) is -0.716. The lowest BCUT2D eigenvalue weighted by molar-refractivity contribution is -0.138. The van der Waals surface area contributed by atoms with Gasteiger partial charge in [0.25, 0.3) is 5.91 Å². The van der Waals surface area contributed by atoms with Crippen molar-refractivity contribution in [1.29, 1.82) is 0 Å². The van der Waals surface area contributed by atoms with Crippen molar-refractivity contribution in [2.24, 2.45) is 5.92 Å². The third kappa shape index (κ3) is 12.2. The van der Waals surface area contributed by atoms with E-state index in [0.29, 0.717) is 25.9 Å². The van der Waals surface area contributed by atoms with Crippen LogP contribution in [0.2, 0.25) is 0 Å². The Balaban J connectivity index is 1.54. The first kappa shape index (κ1) is 42.7. The summed E-state index contributed by atoms with van der Waals surface area (Å²) in [5, 5.41) is 17.8. The van der Waals surface area contributed by atoms with Gasteiger partial charge in [-0.15, -0.1) is 0 Å². The van der Waals surface area contributed by atoms with Gasteiger partial charge in [0.1, 0.15) is 5.75 Å². The highest BCUT2D eigenvalue weighted by Gasteiger charge is 2.33. The van der Waals surface area contributed by atoms with Crippen molar-refractivity contribution in [3.8, 4) is 5.75 Å². The maximum absolute atomic E-state index is 14.4. The molecular weight excluding hydrogens is 736 g/mol. The van der Waals surface area contributed by atoms with E-state index < -0.39 is 66.1 Å². The van der Waals surface area contributed by atoms with E-state index in [1.165, 1.54) is 35.0 Å². The zero-order valence-corrected chi connectivity index (χ0v) is 30.8. The number of rotatable bonds is 7. The van der Waals surface area contributed by atoms with E-state index in [-0.39, 0.29) is 47.6 Å². The van der Waals surface area contributed by atoms with Crippen molar-refractivity contribution in [1.82, 2.24) is 9.80 Å². The second-order valence-corrected chi connectivity index (χ2v) is 13.6. The van der Waals surface area contributed by atoms with Crippen LogP contribution in [0.15, 0.2) is 66.7 Å². The molecule has 0 fully saturated rings. The molecule has 0 unspecified atom stereocenters. The van der Waals surface area contributed by atoms with Gasteiger partial charge in [-0.1, -0.05) is 6.92 Å². The Bertz CT molecular complexity index is 1760. The summed E-state index contributed by atoms with van der Waals surface area (Å²) in [6, 6.07) is 10.3. The minimum absolute atomic E-state index is 0.0562. The summed E-state index contributed by atoms with van der Waals surface area (Å²) < 4.78 is 90.4. The van der Waals surface area contributed by atoms with Crippen LogP contribution in [0.25, 0.3) is 0 Å². The van der Waals surface area contributed by atoms with Crippen LogP contribution in [0.1, 0.15) is 61.5 Å². The number of hydrogen-bond donors (Lipinski definition) is 4. The molecule has 0 spiro atoms. The van der Waals surface area contributed by atoms with E-state index in [2.05, 4.69) is 16.0 Å². The third-order valence-electron chi connectivity index (χ3n) is 9.04. The van der Waals surface area contributed by atoms with E-state index in [1.54, 1.807) is 6.92 Å². The number of nitrogens with zero attached hydrogens (tertiary/aromatic N) is 2. The minimum atomic E-state index is -4.54. The van der Waals surface area contributed by atoms with E-state index in [0.717, 1.165) is 48.5 Å². The molecule has 4 atom stereocenters. The maximum atomic E-state index is 14.4. The monoisotopic (exact) mass is 781 g/mol. The summed E-state index contributed by atoms with van der Waals surface area (Å²) >= 11 is 0. The molecule has 1 aliphatic heterocycles. The molecule has 4 rings (SSSR count). The predicted molar refractivity (Wildman–Crippen MR) is 194 cm³/mol. The molecule has 0 radical (unpaired) electrons. The Morgan fingerprint density at radius 3 is 1.98 bits per heavy atom. The number of carbonyl (C=O) groups is 3. The van der Waals surface area contributed by atoms with Crippen molar-refractivity contribution < 1.29 is 55.3 Å². The fraction of sp³-hybridized carbons (Fsp3) is 0.447. The molecule has 3 aromatic carbocycles. The zero-order chi connectivity index (χ0) is 40.5.